The zero-order chi connectivity index (χ0) is 60.9. The van der Waals surface area contributed by atoms with Gasteiger partial charge >= 0.3 is 0 Å². The van der Waals surface area contributed by atoms with Gasteiger partial charge in [-0.1, -0.05) is 27.7 Å². The third-order valence-electron chi connectivity index (χ3n) is 22.5. The summed E-state index contributed by atoms with van der Waals surface area (Å²) in [4.78, 5) is 0. The lowest BCUT2D eigenvalue weighted by atomic mass is 9.44. The quantitative estimate of drug-likeness (QED) is 0.0682. The van der Waals surface area contributed by atoms with Crippen LogP contribution in [0.2, 0.25) is 0 Å². The van der Waals surface area contributed by atoms with Crippen molar-refractivity contribution in [1.82, 2.24) is 0 Å². The van der Waals surface area contributed by atoms with E-state index >= 15 is 0 Å². The maximum atomic E-state index is 12.1. The average Bonchev–Trinajstić information content (AvgIpc) is 1.76. The van der Waals surface area contributed by atoms with Crippen LogP contribution >= 0.6 is 0 Å². The predicted octanol–water partition coefficient (Wildman–Crippen LogP) is -5.09. The Morgan fingerprint density at radius 3 is 1.48 bits per heavy atom. The first-order chi connectivity index (χ1) is 40.4. The number of aliphatic hydroxyl groups excluding tert-OH is 16. The van der Waals surface area contributed by atoms with Gasteiger partial charge in [0.25, 0.3) is 0 Å². The average molecular weight is 1230 g/mol. The molecule has 490 valence electrons. The summed E-state index contributed by atoms with van der Waals surface area (Å²) in [5.74, 6) is 2.74. The Labute approximate surface area is 492 Å². The molecule has 0 aromatic carbocycles. The minimum atomic E-state index is -2.14. The van der Waals surface area contributed by atoms with Crippen LogP contribution in [-0.4, -0.2) is 293 Å². The maximum Gasteiger partial charge on any atom is 0.187 e. The van der Waals surface area contributed by atoms with Gasteiger partial charge in [-0.2, -0.15) is 0 Å². The number of fused-ring (bicyclic) bond motifs is 7. The van der Waals surface area contributed by atoms with Crippen LogP contribution in [0.1, 0.15) is 91.9 Å². The standard InChI is InChI=1S/C57H94O28/c1-21-7-12-57(74-20-21)22(2)34-28(85-57)14-27-25-6-5-23-13-24(8-10-55(23,3)26(25)9-11-56(27,34)4)75-50-45(73)42(70)46(33(19-62)80-50)81-54-49(47(38(66)32(18-61)79-54)82-51-43(71)39(67)35(63)29(15-58)76-51)84-53-48(41(69)37(65)31(17-60)78-53)83-52-44(72)40(68)36(64)30(16-59)77-52/h21-54,58-73H,5-20H2,1-4H3/t21-,22+,23+,24+,25-,26+,27+,28+,29-,30-,31-,32-,33-,34+,35-,36-,37-,38-,39+,40+,41+,42-,43-,44-,45-,46+,47+,48-,49-,50-,51+,52+,53+,54+,55+,56+,57-/m1/s1. The van der Waals surface area contributed by atoms with Crippen molar-refractivity contribution in [2.75, 3.05) is 39.6 Å². The van der Waals surface area contributed by atoms with Crippen molar-refractivity contribution in [3.8, 4) is 0 Å². The lowest BCUT2D eigenvalue weighted by Crippen LogP contribution is -2.69. The van der Waals surface area contributed by atoms with Gasteiger partial charge in [-0.3, -0.25) is 0 Å². The van der Waals surface area contributed by atoms with E-state index in [4.69, 9.17) is 56.8 Å². The molecule has 0 unspecified atom stereocenters. The Bertz CT molecular complexity index is 2200. The van der Waals surface area contributed by atoms with Crippen molar-refractivity contribution in [3.63, 3.8) is 0 Å². The molecule has 85 heavy (non-hydrogen) atoms. The van der Waals surface area contributed by atoms with E-state index in [-0.39, 0.29) is 16.9 Å². The van der Waals surface area contributed by atoms with Crippen LogP contribution in [-0.2, 0) is 56.8 Å². The molecule has 4 aliphatic carbocycles. The van der Waals surface area contributed by atoms with E-state index in [0.29, 0.717) is 54.3 Å². The van der Waals surface area contributed by atoms with Gasteiger partial charge in [0, 0.05) is 12.3 Å². The molecule has 0 amide bonds. The van der Waals surface area contributed by atoms with Gasteiger partial charge in [0.2, 0.25) is 0 Å². The Balaban J connectivity index is 0.805. The van der Waals surface area contributed by atoms with Crippen molar-refractivity contribution in [3.05, 3.63) is 0 Å². The molecule has 28 nitrogen and oxygen atoms in total. The zero-order valence-electron chi connectivity index (χ0n) is 48.5. The van der Waals surface area contributed by atoms with Gasteiger partial charge in [-0.25, -0.2) is 0 Å². The van der Waals surface area contributed by atoms with Crippen LogP contribution in [0.4, 0.5) is 0 Å². The molecule has 7 saturated heterocycles. The topological polar surface area (TPSA) is 434 Å². The number of rotatable bonds is 15. The molecular weight excluding hydrogens is 1130 g/mol. The molecule has 0 aromatic heterocycles. The summed E-state index contributed by atoms with van der Waals surface area (Å²) in [6, 6.07) is 0. The summed E-state index contributed by atoms with van der Waals surface area (Å²) in [5, 5.41) is 175. The second kappa shape index (κ2) is 25.8. The van der Waals surface area contributed by atoms with Crippen LogP contribution in [0.3, 0.4) is 0 Å². The van der Waals surface area contributed by atoms with Gasteiger partial charge in [-0.15, -0.1) is 0 Å². The predicted molar refractivity (Wildman–Crippen MR) is 281 cm³/mol. The Morgan fingerprint density at radius 1 is 0.412 bits per heavy atom. The van der Waals surface area contributed by atoms with Gasteiger partial charge in [0.05, 0.1) is 51.8 Å². The summed E-state index contributed by atoms with van der Waals surface area (Å²) >= 11 is 0. The highest BCUT2D eigenvalue weighted by Crippen LogP contribution is 2.71. The Morgan fingerprint density at radius 2 is 0.894 bits per heavy atom. The summed E-state index contributed by atoms with van der Waals surface area (Å²) in [6.45, 7) is 5.64. The van der Waals surface area contributed by atoms with Crippen molar-refractivity contribution >= 4 is 0 Å². The third kappa shape index (κ3) is 11.5. The molecule has 11 fully saturated rings. The van der Waals surface area contributed by atoms with Crippen molar-refractivity contribution in [2.24, 2.45) is 52.3 Å². The fourth-order valence-electron chi connectivity index (χ4n) is 17.6. The smallest absolute Gasteiger partial charge is 0.187 e. The minimum Gasteiger partial charge on any atom is -0.394 e. The zero-order valence-corrected chi connectivity index (χ0v) is 48.5. The SMILES string of the molecule is C[C@@H]1CC[C@@]2(OC1)O[C@H]1C[C@H]3[C@@H]4CC[C@H]5C[C@@H](O[C@@H]6O[C@H](CO)[C@H](O[C@@H]7O[C@H](CO)[C@@H](O)[C@H](O[C@@H]8O[C@H](CO)[C@@H](O)[C@H](O)[C@H]8O)[C@H]7O[C@@H]7O[C@H](CO)[C@@H](O)[C@H](O)[C@H]7O[C@@H]7O[C@H](CO)[C@@H](O)[C@H](O)[C@H]7O)[C@H](O)[C@H]6O)CC[C@]5(C)[C@H]4CC[C@]3(C)[C@H]1[C@@H]2C. The maximum absolute atomic E-state index is 12.1. The first-order valence-electron chi connectivity index (χ1n) is 30.9. The summed E-state index contributed by atoms with van der Waals surface area (Å²) in [6.07, 6.45) is -38.2. The fourth-order valence-corrected chi connectivity index (χ4v) is 17.6. The van der Waals surface area contributed by atoms with E-state index in [2.05, 4.69) is 27.7 Å². The van der Waals surface area contributed by atoms with E-state index in [0.717, 1.165) is 58.0 Å². The summed E-state index contributed by atoms with van der Waals surface area (Å²) in [7, 11) is 0. The monoisotopic (exact) mass is 1230 g/mol. The molecule has 16 N–H and O–H groups in total. The highest BCUT2D eigenvalue weighted by molar-refractivity contribution is 5.16. The first kappa shape index (κ1) is 65.4. The van der Waals surface area contributed by atoms with Crippen molar-refractivity contribution in [2.45, 2.75) is 263 Å². The fraction of sp³-hybridized carbons (Fsp3) is 1.00. The van der Waals surface area contributed by atoms with Crippen molar-refractivity contribution in [1.29, 1.82) is 0 Å². The molecule has 7 heterocycles. The van der Waals surface area contributed by atoms with E-state index in [1.807, 2.05) is 0 Å². The van der Waals surface area contributed by atoms with Crippen LogP contribution in [0, 0.1) is 52.3 Å². The molecule has 37 atom stereocenters. The van der Waals surface area contributed by atoms with Crippen LogP contribution in [0.5, 0.6) is 0 Å². The largest absolute Gasteiger partial charge is 0.394 e. The second-order valence-corrected chi connectivity index (χ2v) is 27.1. The van der Waals surface area contributed by atoms with E-state index in [1.165, 1.54) is 0 Å². The van der Waals surface area contributed by atoms with E-state index in [1.54, 1.807) is 0 Å². The lowest BCUT2D eigenvalue weighted by Gasteiger charge is -2.61. The third-order valence-corrected chi connectivity index (χ3v) is 22.5. The van der Waals surface area contributed by atoms with Crippen LogP contribution in [0.25, 0.3) is 0 Å². The van der Waals surface area contributed by atoms with E-state index in [9.17, 15) is 81.7 Å². The van der Waals surface area contributed by atoms with Crippen LogP contribution in [0.15, 0.2) is 0 Å². The molecule has 28 heteroatoms. The van der Waals surface area contributed by atoms with E-state index < -0.39 is 198 Å². The van der Waals surface area contributed by atoms with Crippen LogP contribution < -0.4 is 0 Å². The lowest BCUT2D eigenvalue weighted by molar-refractivity contribution is -0.416. The number of hydrogen-bond acceptors (Lipinski definition) is 28. The molecule has 0 aromatic rings. The van der Waals surface area contributed by atoms with Gasteiger partial charge < -0.3 is 139 Å². The highest BCUT2D eigenvalue weighted by Gasteiger charge is 2.70. The Hall–Kier alpha value is -1.12. The summed E-state index contributed by atoms with van der Waals surface area (Å²) < 4.78 is 74.1. The number of ether oxygens (including phenoxy) is 12. The molecule has 4 saturated carbocycles. The minimum absolute atomic E-state index is 0.0326. The van der Waals surface area contributed by atoms with Gasteiger partial charge in [0.1, 0.15) is 122 Å². The molecule has 11 aliphatic rings. The van der Waals surface area contributed by atoms with Crippen molar-refractivity contribution < 1.29 is 139 Å². The second-order valence-electron chi connectivity index (χ2n) is 27.1. The number of aliphatic hydroxyl groups is 16. The summed E-state index contributed by atoms with van der Waals surface area (Å²) in [5.41, 5.74) is 0.192. The molecule has 7 aliphatic heterocycles. The molecule has 11 rings (SSSR count). The number of hydrogen-bond donors (Lipinski definition) is 16. The molecule has 0 radical (unpaired) electrons. The Kier molecular flexibility index (Phi) is 19.8. The molecular formula is C57H94O28. The van der Waals surface area contributed by atoms with Gasteiger partial charge in [-0.05, 0) is 104 Å². The first-order valence-corrected chi connectivity index (χ1v) is 30.9. The van der Waals surface area contributed by atoms with Gasteiger partial charge in [0.15, 0.2) is 37.2 Å². The highest BCUT2D eigenvalue weighted by atomic mass is 16.8. The molecule has 0 bridgehead atoms. The normalized spacial score (nSPS) is 57.2. The molecule has 1 spiro atoms.